The summed E-state index contributed by atoms with van der Waals surface area (Å²) in [4.78, 5) is 33.6. The summed E-state index contributed by atoms with van der Waals surface area (Å²) in [6, 6.07) is 8.00. The van der Waals surface area contributed by atoms with E-state index in [4.69, 9.17) is 0 Å². The zero-order valence-corrected chi connectivity index (χ0v) is 15.2. The first-order chi connectivity index (χ1) is 14.1. The molecule has 29 heavy (non-hydrogen) atoms. The minimum Gasteiger partial charge on any atom is -0.366 e. The number of halogens is 1. The normalized spacial score (nSPS) is 13.7. The molecule has 0 spiro atoms. The molecule has 2 N–H and O–H groups in total. The fourth-order valence-electron chi connectivity index (χ4n) is 3.15. The van der Waals surface area contributed by atoms with Gasteiger partial charge in [0.05, 0.1) is 11.6 Å². The minimum absolute atomic E-state index is 0.120. The lowest BCUT2D eigenvalue weighted by molar-refractivity contribution is -0.116. The lowest BCUT2D eigenvalue weighted by atomic mass is 10.3. The molecule has 4 heterocycles. The highest BCUT2D eigenvalue weighted by molar-refractivity contribution is 5.91. The van der Waals surface area contributed by atoms with Gasteiger partial charge in [-0.3, -0.25) is 9.59 Å². The van der Waals surface area contributed by atoms with Crippen LogP contribution >= 0.6 is 0 Å². The van der Waals surface area contributed by atoms with E-state index in [0.717, 1.165) is 19.0 Å². The number of nitrogens with one attached hydrogen (secondary N) is 2. The summed E-state index contributed by atoms with van der Waals surface area (Å²) in [5, 5.41) is 10.6. The van der Waals surface area contributed by atoms with Crippen LogP contribution in [0.15, 0.2) is 47.5 Å². The van der Waals surface area contributed by atoms with Crippen LogP contribution in [0.1, 0.15) is 12.8 Å². The third-order valence-electron chi connectivity index (χ3n) is 4.66. The standard InChI is InChI=1S/C19H16FN7O2/c20-11-3-6-14(22-9-11)24-16(28)10-26-17-8-15(23-12-4-5-12)25-27(17)19(29)13-2-1-7-21-18(13)26/h1-3,6-9,12H,4-5,10H2,(H,23,25)(H,22,24,28). The Labute approximate surface area is 163 Å². The highest BCUT2D eigenvalue weighted by Crippen LogP contribution is 2.25. The molecule has 146 valence electrons. The first-order valence-electron chi connectivity index (χ1n) is 9.14. The number of pyridine rings is 2. The molecule has 0 unspecified atom stereocenters. The Morgan fingerprint density at radius 2 is 2.07 bits per heavy atom. The molecule has 5 rings (SSSR count). The van der Waals surface area contributed by atoms with Crippen molar-refractivity contribution in [3.8, 4) is 0 Å². The van der Waals surface area contributed by atoms with E-state index in [1.807, 2.05) is 0 Å². The number of hydrogen-bond acceptors (Lipinski definition) is 6. The first-order valence-corrected chi connectivity index (χ1v) is 9.14. The highest BCUT2D eigenvalue weighted by Gasteiger charge is 2.23. The number of nitrogens with zero attached hydrogens (tertiary/aromatic N) is 5. The summed E-state index contributed by atoms with van der Waals surface area (Å²) in [6.45, 7) is -0.120. The lowest BCUT2D eigenvalue weighted by Gasteiger charge is -2.12. The van der Waals surface area contributed by atoms with Crippen LogP contribution in [0, 0.1) is 5.82 Å². The Morgan fingerprint density at radius 3 is 2.83 bits per heavy atom. The monoisotopic (exact) mass is 393 g/mol. The Hall–Kier alpha value is -3.82. The maximum absolute atomic E-state index is 13.0. The van der Waals surface area contributed by atoms with E-state index < -0.39 is 5.82 Å². The summed E-state index contributed by atoms with van der Waals surface area (Å²) in [5.74, 6) is -0.0700. The maximum Gasteiger partial charge on any atom is 0.283 e. The summed E-state index contributed by atoms with van der Waals surface area (Å²) < 4.78 is 15.9. The van der Waals surface area contributed by atoms with E-state index in [0.29, 0.717) is 28.5 Å². The van der Waals surface area contributed by atoms with Gasteiger partial charge in [-0.15, -0.1) is 5.10 Å². The predicted octanol–water partition coefficient (Wildman–Crippen LogP) is 1.79. The van der Waals surface area contributed by atoms with Crippen molar-refractivity contribution >= 4 is 34.2 Å². The quantitative estimate of drug-likeness (QED) is 0.536. The zero-order valence-electron chi connectivity index (χ0n) is 15.2. The number of carbonyl (C=O) groups excluding carboxylic acids is 1. The topological polar surface area (TPSA) is 106 Å². The van der Waals surface area contributed by atoms with Crippen molar-refractivity contribution in [3.05, 3.63) is 58.9 Å². The first kappa shape index (κ1) is 17.3. The van der Waals surface area contributed by atoms with Gasteiger partial charge in [0, 0.05) is 18.3 Å². The van der Waals surface area contributed by atoms with Crippen molar-refractivity contribution < 1.29 is 9.18 Å². The van der Waals surface area contributed by atoms with Gasteiger partial charge in [-0.2, -0.15) is 4.52 Å². The van der Waals surface area contributed by atoms with Crippen molar-refractivity contribution in [2.24, 2.45) is 0 Å². The maximum atomic E-state index is 13.0. The van der Waals surface area contributed by atoms with E-state index in [1.54, 1.807) is 29.0 Å². The smallest absolute Gasteiger partial charge is 0.283 e. The van der Waals surface area contributed by atoms with Gasteiger partial charge in [0.15, 0.2) is 5.82 Å². The molecule has 1 aliphatic rings. The van der Waals surface area contributed by atoms with Crippen molar-refractivity contribution in [3.63, 3.8) is 0 Å². The van der Waals surface area contributed by atoms with E-state index >= 15 is 0 Å². The molecule has 1 fully saturated rings. The number of carbonyl (C=O) groups is 1. The molecule has 0 aliphatic heterocycles. The second-order valence-corrected chi connectivity index (χ2v) is 6.89. The average molecular weight is 393 g/mol. The van der Waals surface area contributed by atoms with Crippen LogP contribution in [-0.2, 0) is 11.3 Å². The van der Waals surface area contributed by atoms with Gasteiger partial charge < -0.3 is 15.2 Å². The van der Waals surface area contributed by atoms with Gasteiger partial charge in [-0.05, 0) is 37.1 Å². The largest absolute Gasteiger partial charge is 0.366 e. The van der Waals surface area contributed by atoms with E-state index in [1.165, 1.54) is 16.6 Å². The van der Waals surface area contributed by atoms with E-state index in [-0.39, 0.29) is 23.8 Å². The van der Waals surface area contributed by atoms with Crippen LogP contribution in [0.3, 0.4) is 0 Å². The van der Waals surface area contributed by atoms with Gasteiger partial charge in [0.25, 0.3) is 5.56 Å². The van der Waals surface area contributed by atoms with Crippen molar-refractivity contribution in [2.75, 3.05) is 10.6 Å². The predicted molar refractivity (Wildman–Crippen MR) is 104 cm³/mol. The molecular weight excluding hydrogens is 377 g/mol. The van der Waals surface area contributed by atoms with Crippen molar-refractivity contribution in [1.82, 2.24) is 24.1 Å². The fourth-order valence-corrected chi connectivity index (χ4v) is 3.15. The molecule has 4 aromatic heterocycles. The average Bonchev–Trinajstić information content (AvgIpc) is 3.43. The minimum atomic E-state index is -0.490. The van der Waals surface area contributed by atoms with Gasteiger partial charge in [0.2, 0.25) is 5.91 Å². The van der Waals surface area contributed by atoms with Crippen molar-refractivity contribution in [2.45, 2.75) is 25.4 Å². The van der Waals surface area contributed by atoms with Crippen LogP contribution in [-0.4, -0.2) is 36.1 Å². The molecule has 0 aromatic carbocycles. The molecule has 0 atom stereocenters. The number of rotatable bonds is 5. The number of hydrogen-bond donors (Lipinski definition) is 2. The molecule has 4 aromatic rings. The number of fused-ring (bicyclic) bond motifs is 2. The fraction of sp³-hybridized carbons (Fsp3) is 0.211. The van der Waals surface area contributed by atoms with Gasteiger partial charge >= 0.3 is 0 Å². The van der Waals surface area contributed by atoms with Crippen LogP contribution in [0.2, 0.25) is 0 Å². The van der Waals surface area contributed by atoms with Crippen LogP contribution < -0.4 is 16.2 Å². The second-order valence-electron chi connectivity index (χ2n) is 6.89. The summed E-state index contributed by atoms with van der Waals surface area (Å²) in [7, 11) is 0. The SMILES string of the molecule is O=C(Cn1c2ncccc2c(=O)n2nc(NC3CC3)cc12)Nc1ccc(F)cn1. The van der Waals surface area contributed by atoms with E-state index in [2.05, 4.69) is 25.7 Å². The summed E-state index contributed by atoms with van der Waals surface area (Å²) in [5.41, 5.74) is 0.528. The summed E-state index contributed by atoms with van der Waals surface area (Å²) >= 11 is 0. The second kappa shape index (κ2) is 6.66. The van der Waals surface area contributed by atoms with Crippen LogP contribution in [0.25, 0.3) is 16.7 Å². The molecule has 0 saturated heterocycles. The molecule has 0 bridgehead atoms. The molecular formula is C19H16FN7O2. The Bertz CT molecular complexity index is 1290. The highest BCUT2D eigenvalue weighted by atomic mass is 19.1. The Morgan fingerprint density at radius 1 is 1.21 bits per heavy atom. The van der Waals surface area contributed by atoms with Crippen molar-refractivity contribution in [1.29, 1.82) is 0 Å². The molecule has 0 radical (unpaired) electrons. The molecule has 1 amide bonds. The molecule has 10 heteroatoms. The van der Waals surface area contributed by atoms with E-state index in [9.17, 15) is 14.0 Å². The zero-order chi connectivity index (χ0) is 20.0. The molecule has 1 saturated carbocycles. The molecule has 1 aliphatic carbocycles. The summed E-state index contributed by atoms with van der Waals surface area (Å²) in [6.07, 6.45) is 4.72. The third-order valence-corrected chi connectivity index (χ3v) is 4.66. The number of aromatic nitrogens is 5. The Kier molecular flexibility index (Phi) is 3.97. The van der Waals surface area contributed by atoms with Gasteiger partial charge in [-0.1, -0.05) is 0 Å². The van der Waals surface area contributed by atoms with Crippen LogP contribution in [0.4, 0.5) is 16.0 Å². The molecule has 9 nitrogen and oxygen atoms in total. The third kappa shape index (κ3) is 3.28. The Balaban J connectivity index is 1.57. The van der Waals surface area contributed by atoms with Gasteiger partial charge in [0.1, 0.15) is 29.5 Å². The lowest BCUT2D eigenvalue weighted by Crippen LogP contribution is -2.25. The number of anilines is 2. The van der Waals surface area contributed by atoms with Crippen LogP contribution in [0.5, 0.6) is 0 Å². The van der Waals surface area contributed by atoms with Gasteiger partial charge in [-0.25, -0.2) is 14.4 Å². The number of amides is 1.